The van der Waals surface area contributed by atoms with Crippen LogP contribution >= 0.6 is 46.8 Å². The van der Waals surface area contributed by atoms with Crippen molar-refractivity contribution in [1.82, 2.24) is 10.2 Å². The van der Waals surface area contributed by atoms with Crippen LogP contribution in [0, 0.1) is 15.2 Å². The van der Waals surface area contributed by atoms with Crippen LogP contribution in [0.1, 0.15) is 0 Å². The lowest BCUT2D eigenvalue weighted by Crippen LogP contribution is -2.16. The molecule has 0 bridgehead atoms. The van der Waals surface area contributed by atoms with E-state index in [9.17, 15) is 17.2 Å². The number of benzene rings is 2. The summed E-state index contributed by atoms with van der Waals surface area (Å²) in [6.07, 6.45) is 0. The minimum atomic E-state index is -4.56. The first-order valence-corrected chi connectivity index (χ1v) is 10.3. The van der Waals surface area contributed by atoms with Crippen molar-refractivity contribution >= 4 is 68.2 Å². The van der Waals surface area contributed by atoms with E-state index >= 15 is 0 Å². The summed E-state index contributed by atoms with van der Waals surface area (Å²) in [4.78, 5) is -1.06. The molecule has 0 spiro atoms. The molecule has 3 N–H and O–H groups in total. The Kier molecular flexibility index (Phi) is 5.63. The second kappa shape index (κ2) is 7.50. The van der Waals surface area contributed by atoms with Crippen molar-refractivity contribution < 1.29 is 21.6 Å². The number of rotatable bonds is 4. The van der Waals surface area contributed by atoms with Crippen LogP contribution in [0.2, 0.25) is 5.02 Å². The fourth-order valence-corrected chi connectivity index (χ4v) is 3.81. The van der Waals surface area contributed by atoms with E-state index in [0.717, 1.165) is 9.64 Å². The van der Waals surface area contributed by atoms with Gasteiger partial charge < -0.3 is 9.73 Å². The second-order valence-corrected chi connectivity index (χ2v) is 8.67. The zero-order valence-electron chi connectivity index (χ0n) is 12.9. The number of aromatic nitrogens is 2. The maximum absolute atomic E-state index is 14.7. The van der Waals surface area contributed by atoms with Crippen LogP contribution in [0.15, 0.2) is 38.8 Å². The van der Waals surface area contributed by atoms with Crippen molar-refractivity contribution in [3.8, 4) is 11.5 Å². The number of nitrogens with one attached hydrogen (secondary N) is 1. The summed E-state index contributed by atoms with van der Waals surface area (Å²) in [7, 11) is -4.56. The van der Waals surface area contributed by atoms with E-state index in [4.69, 9.17) is 21.2 Å². The fourth-order valence-electron chi connectivity index (χ4n) is 2.15. The van der Waals surface area contributed by atoms with Gasteiger partial charge in [-0.25, -0.2) is 22.3 Å². The molecule has 0 radical (unpaired) electrons. The zero-order valence-corrected chi connectivity index (χ0v) is 17.5. The Bertz CT molecular complexity index is 1160. The Balaban J connectivity index is 2.27. The molecule has 0 aliphatic carbocycles. The standard InChI is InChI=1S/C14H8ClF2IN4O3S2/c15-7-3-5(18)1-2-8(7)20-12-6(13-21-22-14(26)25-13)4-9(27(19,23)24)10(16)11(12)17/h1-4,20H,(H,22,26)(H2,19,23,24). The Morgan fingerprint density at radius 3 is 2.48 bits per heavy atom. The monoisotopic (exact) mass is 544 g/mol. The Morgan fingerprint density at radius 2 is 1.93 bits per heavy atom. The molecular formula is C14H8ClF2IN4O3S2. The van der Waals surface area contributed by atoms with Crippen LogP contribution in [0.4, 0.5) is 20.2 Å². The lowest BCUT2D eigenvalue weighted by atomic mass is 10.1. The van der Waals surface area contributed by atoms with Gasteiger partial charge in [0.15, 0.2) is 11.6 Å². The molecule has 0 aliphatic rings. The van der Waals surface area contributed by atoms with Gasteiger partial charge in [-0.1, -0.05) is 24.2 Å². The van der Waals surface area contributed by atoms with E-state index in [1.54, 1.807) is 12.1 Å². The average Bonchev–Trinajstić information content (AvgIpc) is 2.99. The van der Waals surface area contributed by atoms with E-state index in [-0.39, 0.29) is 27.4 Å². The number of anilines is 2. The molecule has 1 heterocycles. The minimum Gasteiger partial charge on any atom is -0.411 e. The highest BCUT2D eigenvalue weighted by Gasteiger charge is 2.27. The van der Waals surface area contributed by atoms with Crippen molar-refractivity contribution in [1.29, 1.82) is 0 Å². The van der Waals surface area contributed by atoms with Crippen LogP contribution in [0.3, 0.4) is 0 Å². The molecule has 0 saturated heterocycles. The molecule has 27 heavy (non-hydrogen) atoms. The van der Waals surface area contributed by atoms with Gasteiger partial charge >= 0.3 is 0 Å². The topological polar surface area (TPSA) is 111 Å². The Morgan fingerprint density at radius 1 is 1.22 bits per heavy atom. The van der Waals surface area contributed by atoms with Gasteiger partial charge in [0.2, 0.25) is 10.0 Å². The third kappa shape index (κ3) is 4.18. The fraction of sp³-hybridized carbons (Fsp3) is 0. The van der Waals surface area contributed by atoms with Gasteiger partial charge in [0.05, 0.1) is 22.0 Å². The van der Waals surface area contributed by atoms with Crippen molar-refractivity contribution in [3.05, 3.63) is 44.5 Å². The molecule has 0 aliphatic heterocycles. The maximum atomic E-state index is 14.7. The van der Waals surface area contributed by atoms with E-state index in [1.807, 2.05) is 22.6 Å². The number of nitrogens with two attached hydrogens (primary N) is 1. The number of sulfonamides is 1. The summed E-state index contributed by atoms with van der Waals surface area (Å²) in [6.45, 7) is 0. The minimum absolute atomic E-state index is 0.162. The predicted octanol–water partition coefficient (Wildman–Crippen LogP) is 3.95. The van der Waals surface area contributed by atoms with Crippen LogP contribution in [-0.2, 0) is 10.0 Å². The summed E-state index contributed by atoms with van der Waals surface area (Å²) >= 11 is 12.0. The van der Waals surface area contributed by atoms with Gasteiger partial charge in [-0.05, 0) is 46.9 Å². The molecule has 13 heteroatoms. The highest BCUT2D eigenvalue weighted by atomic mass is 127. The highest BCUT2D eigenvalue weighted by molar-refractivity contribution is 14.1. The lowest BCUT2D eigenvalue weighted by molar-refractivity contribution is 0.465. The highest BCUT2D eigenvalue weighted by Crippen LogP contribution is 2.38. The predicted molar refractivity (Wildman–Crippen MR) is 106 cm³/mol. The van der Waals surface area contributed by atoms with Crippen LogP contribution < -0.4 is 10.5 Å². The smallest absolute Gasteiger partial charge is 0.273 e. The summed E-state index contributed by atoms with van der Waals surface area (Å²) in [5, 5.41) is 14.8. The molecule has 2 aromatic carbocycles. The van der Waals surface area contributed by atoms with Gasteiger partial charge in [0.25, 0.3) is 11.1 Å². The first-order valence-electron chi connectivity index (χ1n) is 6.87. The van der Waals surface area contributed by atoms with Gasteiger partial charge in [0.1, 0.15) is 4.90 Å². The maximum Gasteiger partial charge on any atom is 0.273 e. The van der Waals surface area contributed by atoms with E-state index < -0.39 is 32.2 Å². The average molecular weight is 545 g/mol. The van der Waals surface area contributed by atoms with Crippen LogP contribution in [-0.4, -0.2) is 18.6 Å². The first kappa shape index (κ1) is 20.3. The number of nitrogens with zero attached hydrogens (tertiary/aromatic N) is 2. The molecule has 7 nitrogen and oxygen atoms in total. The quantitative estimate of drug-likeness (QED) is 0.339. The number of primary sulfonamides is 1. The van der Waals surface area contributed by atoms with Crippen molar-refractivity contribution in [2.45, 2.75) is 10.1 Å². The summed E-state index contributed by atoms with van der Waals surface area (Å²) in [5.41, 5.74) is -0.453. The van der Waals surface area contributed by atoms with Crippen molar-refractivity contribution in [2.24, 2.45) is 5.14 Å². The number of thiol groups is 1. The van der Waals surface area contributed by atoms with Crippen molar-refractivity contribution in [3.63, 3.8) is 0 Å². The molecule has 0 saturated carbocycles. The molecular weight excluding hydrogens is 537 g/mol. The Hall–Kier alpha value is -1.48. The molecule has 0 unspecified atom stereocenters. The van der Waals surface area contributed by atoms with Crippen LogP contribution in [0.25, 0.3) is 11.5 Å². The van der Waals surface area contributed by atoms with Crippen LogP contribution in [0.5, 0.6) is 0 Å². The SMILES string of the molecule is NS(=O)(=O)c1cc(-c2nnc(S)o2)c(Nc2ccc(I)cc2Cl)c(F)c1F. The van der Waals surface area contributed by atoms with Gasteiger partial charge in [-0.3, -0.25) is 0 Å². The van der Waals surface area contributed by atoms with Gasteiger partial charge in [0, 0.05) is 3.57 Å². The van der Waals surface area contributed by atoms with Gasteiger partial charge in [-0.2, -0.15) is 0 Å². The third-order valence-corrected chi connectivity index (χ3v) is 5.39. The summed E-state index contributed by atoms with van der Waals surface area (Å²) < 4.78 is 58.2. The first-order chi connectivity index (χ1) is 12.6. The van der Waals surface area contributed by atoms with E-state index in [0.29, 0.717) is 0 Å². The molecule has 142 valence electrons. The lowest BCUT2D eigenvalue weighted by Gasteiger charge is -2.15. The largest absolute Gasteiger partial charge is 0.411 e. The molecule has 3 aromatic rings. The molecule has 3 rings (SSSR count). The van der Waals surface area contributed by atoms with E-state index in [2.05, 4.69) is 28.1 Å². The number of halogens is 4. The zero-order chi connectivity index (χ0) is 19.9. The van der Waals surface area contributed by atoms with E-state index in [1.165, 1.54) is 6.07 Å². The molecule has 0 fully saturated rings. The normalized spacial score (nSPS) is 11.6. The third-order valence-electron chi connectivity index (χ3n) is 3.32. The van der Waals surface area contributed by atoms with Crippen molar-refractivity contribution in [2.75, 3.05) is 5.32 Å². The Labute approximate surface area is 175 Å². The molecule has 1 aromatic heterocycles. The van der Waals surface area contributed by atoms with Gasteiger partial charge in [-0.15, -0.1) is 10.2 Å². The second-order valence-electron chi connectivity index (χ2n) is 5.11. The summed E-state index contributed by atoms with van der Waals surface area (Å²) in [6, 6.07) is 5.60. The number of hydrogen-bond acceptors (Lipinski definition) is 7. The molecule has 0 amide bonds. The number of hydrogen-bond donors (Lipinski definition) is 3. The molecule has 0 atom stereocenters. The summed E-state index contributed by atoms with van der Waals surface area (Å²) in [5.74, 6) is -3.46.